The molecule has 9 nitrogen and oxygen atoms in total. The Labute approximate surface area is 190 Å². The Balaban J connectivity index is 1.74. The first-order valence-corrected chi connectivity index (χ1v) is 12.4. The number of hydrogen-bond donors (Lipinski definition) is 1. The highest BCUT2D eigenvalue weighted by molar-refractivity contribution is 7.89. The lowest BCUT2D eigenvalue weighted by Gasteiger charge is -2.33. The summed E-state index contributed by atoms with van der Waals surface area (Å²) in [5.74, 6) is 0.194. The summed E-state index contributed by atoms with van der Waals surface area (Å²) in [7, 11) is 0.709. The molecule has 32 heavy (non-hydrogen) atoms. The normalized spacial score (nSPS) is 18.6. The predicted molar refractivity (Wildman–Crippen MR) is 120 cm³/mol. The first kappa shape index (κ1) is 24.5. The summed E-state index contributed by atoms with van der Waals surface area (Å²) in [6.45, 7) is 2.27. The third kappa shape index (κ3) is 5.60. The van der Waals surface area contributed by atoms with Crippen LogP contribution in [-0.4, -0.2) is 76.9 Å². The Morgan fingerprint density at radius 2 is 1.81 bits per heavy atom. The van der Waals surface area contributed by atoms with E-state index in [4.69, 9.17) is 9.47 Å². The van der Waals surface area contributed by atoms with Crippen molar-refractivity contribution in [3.63, 3.8) is 0 Å². The molecule has 0 bridgehead atoms. The van der Waals surface area contributed by atoms with Crippen molar-refractivity contribution in [2.75, 3.05) is 52.8 Å². The Kier molecular flexibility index (Phi) is 7.79. The number of hydrogen-bond acceptors (Lipinski definition) is 6. The molecule has 0 aromatic heterocycles. The number of morpholine rings is 1. The quantitative estimate of drug-likeness (QED) is 0.628. The van der Waals surface area contributed by atoms with Gasteiger partial charge in [0, 0.05) is 40.0 Å². The molecule has 1 aliphatic heterocycles. The Hall–Kier alpha value is -2.17. The third-order valence-electron chi connectivity index (χ3n) is 6.31. The van der Waals surface area contributed by atoms with Crippen molar-refractivity contribution in [3.8, 4) is 5.75 Å². The van der Waals surface area contributed by atoms with E-state index in [9.17, 15) is 18.0 Å². The van der Waals surface area contributed by atoms with Crippen LogP contribution < -0.4 is 10.1 Å². The van der Waals surface area contributed by atoms with Crippen LogP contribution in [0.25, 0.3) is 0 Å². The molecule has 0 atom stereocenters. The topological polar surface area (TPSA) is 105 Å². The van der Waals surface area contributed by atoms with E-state index in [1.54, 1.807) is 0 Å². The van der Waals surface area contributed by atoms with Crippen LogP contribution in [0.1, 0.15) is 38.5 Å². The molecule has 2 amide bonds. The van der Waals surface area contributed by atoms with Gasteiger partial charge in [-0.2, -0.15) is 0 Å². The minimum atomic E-state index is -3.66. The van der Waals surface area contributed by atoms with Crippen LogP contribution in [0.15, 0.2) is 23.1 Å². The molecule has 2 aliphatic rings. The second kappa shape index (κ2) is 10.2. The number of sulfonamides is 1. The van der Waals surface area contributed by atoms with Crippen molar-refractivity contribution in [3.05, 3.63) is 18.2 Å². The summed E-state index contributed by atoms with van der Waals surface area (Å²) in [4.78, 5) is 27.8. The van der Waals surface area contributed by atoms with Crippen molar-refractivity contribution in [2.45, 2.75) is 43.4 Å². The number of amides is 2. The largest absolute Gasteiger partial charge is 0.495 e. The van der Waals surface area contributed by atoms with Crippen molar-refractivity contribution in [1.29, 1.82) is 0 Å². The second-order valence-corrected chi connectivity index (χ2v) is 10.9. The highest BCUT2D eigenvalue weighted by atomic mass is 32.2. The van der Waals surface area contributed by atoms with Gasteiger partial charge >= 0.3 is 0 Å². The van der Waals surface area contributed by atoms with E-state index in [-0.39, 0.29) is 28.5 Å². The maximum Gasteiger partial charge on any atom is 0.242 e. The molecule has 1 aromatic rings. The summed E-state index contributed by atoms with van der Waals surface area (Å²) in [5.41, 5.74) is -0.0758. The summed E-state index contributed by atoms with van der Waals surface area (Å²) >= 11 is 0. The number of nitrogens with zero attached hydrogens (tertiary/aromatic N) is 2. The lowest BCUT2D eigenvalue weighted by Crippen LogP contribution is -2.43. The summed E-state index contributed by atoms with van der Waals surface area (Å²) in [6.07, 6.45) is 4.17. The van der Waals surface area contributed by atoms with Gasteiger partial charge in [0.1, 0.15) is 5.75 Å². The van der Waals surface area contributed by atoms with Crippen molar-refractivity contribution in [2.24, 2.45) is 5.41 Å². The molecule has 1 heterocycles. The van der Waals surface area contributed by atoms with Gasteiger partial charge in [0.05, 0.1) is 30.9 Å². The molecule has 1 N–H and O–H groups in total. The fourth-order valence-corrected chi connectivity index (χ4v) is 5.41. The predicted octanol–water partition coefficient (Wildman–Crippen LogP) is 2.08. The first-order valence-electron chi connectivity index (χ1n) is 10.9. The molecule has 1 aliphatic carbocycles. The minimum absolute atomic E-state index is 0.0664. The fraction of sp³-hybridized carbons (Fsp3) is 0.636. The van der Waals surface area contributed by atoms with E-state index < -0.39 is 10.0 Å². The van der Waals surface area contributed by atoms with Crippen LogP contribution in [0.2, 0.25) is 0 Å². The zero-order chi connectivity index (χ0) is 23.4. The molecule has 2 fully saturated rings. The average Bonchev–Trinajstić information content (AvgIpc) is 3.21. The van der Waals surface area contributed by atoms with Gasteiger partial charge in [-0.05, 0) is 36.5 Å². The molecular formula is C22H33N3O6S. The van der Waals surface area contributed by atoms with Gasteiger partial charge < -0.3 is 19.7 Å². The Morgan fingerprint density at radius 1 is 1.16 bits per heavy atom. The van der Waals surface area contributed by atoms with Gasteiger partial charge in [0.25, 0.3) is 0 Å². The second-order valence-electron chi connectivity index (χ2n) is 8.75. The molecule has 3 rings (SSSR count). The number of anilines is 1. The van der Waals surface area contributed by atoms with E-state index in [2.05, 4.69) is 5.32 Å². The van der Waals surface area contributed by atoms with Gasteiger partial charge in [-0.3, -0.25) is 9.59 Å². The molecule has 0 spiro atoms. The monoisotopic (exact) mass is 467 g/mol. The van der Waals surface area contributed by atoms with Gasteiger partial charge in [0.15, 0.2) is 0 Å². The number of benzene rings is 1. The van der Waals surface area contributed by atoms with Gasteiger partial charge in [-0.15, -0.1) is 0 Å². The molecule has 1 saturated heterocycles. The number of ether oxygens (including phenoxy) is 2. The smallest absolute Gasteiger partial charge is 0.242 e. The standard InChI is InChI=1S/C22H33N3O6S/c1-24(2)32(28,29)17-6-7-19(30-3)18(14-17)23-20(26)15-22(8-4-5-9-22)16-21(27)25-10-12-31-13-11-25/h6-7,14H,4-5,8-13,15-16H2,1-3H3,(H,23,26). The van der Waals surface area contributed by atoms with E-state index in [0.717, 1.165) is 30.0 Å². The highest BCUT2D eigenvalue weighted by Gasteiger charge is 2.39. The molecule has 0 unspecified atom stereocenters. The molecule has 10 heteroatoms. The number of methoxy groups -OCH3 is 1. The molecular weight excluding hydrogens is 434 g/mol. The number of carbonyl (C=O) groups is 2. The van der Waals surface area contributed by atoms with E-state index in [0.29, 0.717) is 44.2 Å². The van der Waals surface area contributed by atoms with Gasteiger partial charge in [-0.1, -0.05) is 12.8 Å². The van der Waals surface area contributed by atoms with E-state index in [1.165, 1.54) is 39.4 Å². The van der Waals surface area contributed by atoms with Crippen LogP contribution in [0, 0.1) is 5.41 Å². The summed E-state index contributed by atoms with van der Waals surface area (Å²) in [6, 6.07) is 4.38. The van der Waals surface area contributed by atoms with E-state index >= 15 is 0 Å². The number of carbonyl (C=O) groups excluding carboxylic acids is 2. The minimum Gasteiger partial charge on any atom is -0.495 e. The Morgan fingerprint density at radius 3 is 2.41 bits per heavy atom. The van der Waals surface area contributed by atoms with Crippen molar-refractivity contribution in [1.82, 2.24) is 9.21 Å². The third-order valence-corrected chi connectivity index (χ3v) is 8.12. The first-order chi connectivity index (χ1) is 15.2. The van der Waals surface area contributed by atoms with E-state index in [1.807, 2.05) is 4.90 Å². The zero-order valence-corrected chi connectivity index (χ0v) is 19.9. The number of rotatable bonds is 8. The zero-order valence-electron chi connectivity index (χ0n) is 19.1. The molecule has 178 valence electrons. The van der Waals surface area contributed by atoms with Crippen molar-refractivity contribution >= 4 is 27.5 Å². The van der Waals surface area contributed by atoms with Crippen LogP contribution >= 0.6 is 0 Å². The summed E-state index contributed by atoms with van der Waals surface area (Å²) in [5, 5.41) is 2.83. The highest BCUT2D eigenvalue weighted by Crippen LogP contribution is 2.45. The van der Waals surface area contributed by atoms with Gasteiger partial charge in [-0.25, -0.2) is 12.7 Å². The maximum absolute atomic E-state index is 13.0. The molecule has 1 saturated carbocycles. The van der Waals surface area contributed by atoms with Gasteiger partial charge in [0.2, 0.25) is 21.8 Å². The van der Waals surface area contributed by atoms with Crippen LogP contribution in [0.3, 0.4) is 0 Å². The summed E-state index contributed by atoms with van der Waals surface area (Å²) < 4.78 is 36.7. The maximum atomic E-state index is 13.0. The molecule has 0 radical (unpaired) electrons. The lowest BCUT2D eigenvalue weighted by atomic mass is 9.78. The average molecular weight is 468 g/mol. The lowest BCUT2D eigenvalue weighted by molar-refractivity contribution is -0.138. The fourth-order valence-electron chi connectivity index (χ4n) is 4.48. The van der Waals surface area contributed by atoms with Crippen LogP contribution in [0.5, 0.6) is 5.75 Å². The SMILES string of the molecule is COc1ccc(S(=O)(=O)N(C)C)cc1NC(=O)CC1(CC(=O)N2CCOCC2)CCCC1. The van der Waals surface area contributed by atoms with Crippen molar-refractivity contribution < 1.29 is 27.5 Å². The van der Waals surface area contributed by atoms with Crippen LogP contribution in [-0.2, 0) is 24.3 Å². The Bertz CT molecular complexity index is 935. The number of nitrogens with one attached hydrogen (secondary N) is 1. The molecule has 1 aromatic carbocycles. The van der Waals surface area contributed by atoms with Crippen LogP contribution in [0.4, 0.5) is 5.69 Å².